The molecule has 3 rings (SSSR count). The topological polar surface area (TPSA) is 81.9 Å². The van der Waals surface area contributed by atoms with E-state index in [9.17, 15) is 4.79 Å². The van der Waals surface area contributed by atoms with Crippen molar-refractivity contribution in [2.24, 2.45) is 0 Å². The lowest BCUT2D eigenvalue weighted by Crippen LogP contribution is -2.15. The summed E-state index contributed by atoms with van der Waals surface area (Å²) in [6.07, 6.45) is 1.75. The molecule has 0 saturated carbocycles. The van der Waals surface area contributed by atoms with Gasteiger partial charge in [0.2, 0.25) is 5.91 Å². The Morgan fingerprint density at radius 3 is 2.86 bits per heavy atom. The van der Waals surface area contributed by atoms with Gasteiger partial charge in [0.05, 0.1) is 11.4 Å². The minimum Gasteiger partial charge on any atom is -0.486 e. The van der Waals surface area contributed by atoms with Crippen molar-refractivity contribution in [3.63, 3.8) is 0 Å². The van der Waals surface area contributed by atoms with Gasteiger partial charge in [0, 0.05) is 16.9 Å². The van der Waals surface area contributed by atoms with Crippen LogP contribution >= 0.6 is 34.7 Å². The number of halogens is 1. The maximum absolute atomic E-state index is 12.1. The Morgan fingerprint density at radius 1 is 1.39 bits per heavy atom. The third-order valence-corrected chi connectivity index (χ3v) is 5.58. The number of ether oxygens (including phenoxy) is 1. The molecule has 0 aliphatic carbocycles. The molecule has 0 saturated heterocycles. The number of hydrogen-bond donors (Lipinski definition) is 1. The van der Waals surface area contributed by atoms with Gasteiger partial charge in [-0.3, -0.25) is 9.36 Å². The van der Waals surface area contributed by atoms with Crippen LogP contribution in [0, 0.1) is 6.92 Å². The standard InChI is InChI=1S/C18H18ClN5O2S2/c1-3-8-24-15(9-26-14-6-4-13(19)5-7-14)22-23-18(24)28-11-16(25)21-17-20-12(2)10-27-17/h3-7,10H,1,8-9,11H2,2H3,(H,20,21,25). The molecule has 1 N–H and O–H groups in total. The molecule has 0 fully saturated rings. The van der Waals surface area contributed by atoms with Crippen LogP contribution in [0.4, 0.5) is 5.13 Å². The summed E-state index contributed by atoms with van der Waals surface area (Å²) in [6.45, 7) is 6.41. The number of hydrogen-bond acceptors (Lipinski definition) is 7. The average Bonchev–Trinajstić information content (AvgIpc) is 3.26. The number of anilines is 1. The normalized spacial score (nSPS) is 10.6. The minimum atomic E-state index is -0.147. The van der Waals surface area contributed by atoms with E-state index in [-0.39, 0.29) is 18.3 Å². The number of nitrogens with one attached hydrogen (secondary N) is 1. The Balaban J connectivity index is 1.60. The summed E-state index contributed by atoms with van der Waals surface area (Å²) >= 11 is 8.58. The summed E-state index contributed by atoms with van der Waals surface area (Å²) in [5.41, 5.74) is 0.879. The third kappa shape index (κ3) is 5.57. The molecule has 1 amide bonds. The van der Waals surface area contributed by atoms with Crippen molar-refractivity contribution in [3.05, 3.63) is 58.8 Å². The van der Waals surface area contributed by atoms with E-state index in [2.05, 4.69) is 27.1 Å². The van der Waals surface area contributed by atoms with Crippen LogP contribution in [0.3, 0.4) is 0 Å². The summed E-state index contributed by atoms with van der Waals surface area (Å²) < 4.78 is 7.61. The molecule has 2 heterocycles. The Morgan fingerprint density at radius 2 is 2.18 bits per heavy atom. The number of benzene rings is 1. The molecule has 1 aromatic carbocycles. The van der Waals surface area contributed by atoms with E-state index in [1.165, 1.54) is 23.1 Å². The van der Waals surface area contributed by atoms with Gasteiger partial charge < -0.3 is 10.1 Å². The minimum absolute atomic E-state index is 0.147. The van der Waals surface area contributed by atoms with Crippen LogP contribution < -0.4 is 10.1 Å². The zero-order chi connectivity index (χ0) is 19.9. The van der Waals surface area contributed by atoms with Gasteiger partial charge in [0.15, 0.2) is 16.1 Å². The predicted octanol–water partition coefficient (Wildman–Crippen LogP) is 4.19. The van der Waals surface area contributed by atoms with Gasteiger partial charge >= 0.3 is 0 Å². The van der Waals surface area contributed by atoms with Gasteiger partial charge in [-0.25, -0.2) is 4.98 Å². The van der Waals surface area contributed by atoms with E-state index in [4.69, 9.17) is 16.3 Å². The average molecular weight is 436 g/mol. The highest BCUT2D eigenvalue weighted by Gasteiger charge is 2.14. The highest BCUT2D eigenvalue weighted by Crippen LogP contribution is 2.21. The first kappa shape index (κ1) is 20.4. The number of nitrogens with zero attached hydrogens (tertiary/aromatic N) is 4. The van der Waals surface area contributed by atoms with Gasteiger partial charge in [-0.2, -0.15) is 0 Å². The molecule has 0 spiro atoms. The molecular formula is C18H18ClN5O2S2. The Hall–Kier alpha value is -2.36. The number of thiazole rings is 1. The number of allylic oxidation sites excluding steroid dienone is 1. The summed E-state index contributed by atoms with van der Waals surface area (Å²) in [5.74, 6) is 1.39. The lowest BCUT2D eigenvalue weighted by Gasteiger charge is -2.09. The molecule has 28 heavy (non-hydrogen) atoms. The Labute approximate surface area is 175 Å². The van der Waals surface area contributed by atoms with Crippen LogP contribution in [0.25, 0.3) is 0 Å². The molecule has 0 bridgehead atoms. The fraction of sp³-hybridized carbons (Fsp3) is 0.222. The van der Waals surface area contributed by atoms with Crippen LogP contribution in [0.1, 0.15) is 11.5 Å². The molecule has 0 radical (unpaired) electrons. The maximum atomic E-state index is 12.1. The zero-order valence-corrected chi connectivity index (χ0v) is 17.5. The number of thioether (sulfide) groups is 1. The molecule has 2 aromatic heterocycles. The van der Waals surface area contributed by atoms with Crippen molar-refractivity contribution in [2.45, 2.75) is 25.2 Å². The first-order chi connectivity index (χ1) is 13.5. The number of carbonyl (C=O) groups excluding carboxylic acids is 1. The van der Waals surface area contributed by atoms with Gasteiger partial charge in [0.25, 0.3) is 0 Å². The molecule has 10 heteroatoms. The summed E-state index contributed by atoms with van der Waals surface area (Å²) in [5, 5.41) is 14.9. The van der Waals surface area contributed by atoms with Crippen LogP contribution in [0.2, 0.25) is 5.02 Å². The second-order valence-corrected chi connectivity index (χ2v) is 7.91. The second-order valence-electron chi connectivity index (χ2n) is 5.67. The summed E-state index contributed by atoms with van der Waals surface area (Å²) in [4.78, 5) is 16.4. The van der Waals surface area contributed by atoms with E-state index in [1.807, 2.05) is 16.9 Å². The molecule has 0 aliphatic heterocycles. The lowest BCUT2D eigenvalue weighted by molar-refractivity contribution is -0.113. The molecule has 0 atom stereocenters. The van der Waals surface area contributed by atoms with Crippen LogP contribution in [0.15, 0.2) is 47.5 Å². The monoisotopic (exact) mass is 435 g/mol. The molecule has 0 aliphatic rings. The fourth-order valence-electron chi connectivity index (χ4n) is 2.22. The highest BCUT2D eigenvalue weighted by molar-refractivity contribution is 7.99. The van der Waals surface area contributed by atoms with Crippen LogP contribution in [0.5, 0.6) is 5.75 Å². The van der Waals surface area contributed by atoms with Crippen molar-refractivity contribution in [3.8, 4) is 5.75 Å². The second kappa shape index (κ2) is 9.72. The maximum Gasteiger partial charge on any atom is 0.236 e. The SMILES string of the molecule is C=CCn1c(COc2ccc(Cl)cc2)nnc1SCC(=O)Nc1nc(C)cs1. The van der Waals surface area contributed by atoms with Crippen molar-refractivity contribution in [1.29, 1.82) is 0 Å². The van der Waals surface area contributed by atoms with Crippen molar-refractivity contribution in [2.75, 3.05) is 11.1 Å². The fourth-order valence-corrected chi connectivity index (χ4v) is 3.82. The van der Waals surface area contributed by atoms with Crippen LogP contribution in [-0.4, -0.2) is 31.4 Å². The van der Waals surface area contributed by atoms with Crippen molar-refractivity contribution < 1.29 is 9.53 Å². The van der Waals surface area contributed by atoms with Crippen molar-refractivity contribution in [1.82, 2.24) is 19.7 Å². The van der Waals surface area contributed by atoms with Gasteiger partial charge in [0.1, 0.15) is 12.4 Å². The van der Waals surface area contributed by atoms with Crippen molar-refractivity contribution >= 4 is 45.7 Å². The molecule has 0 unspecified atom stereocenters. The first-order valence-electron chi connectivity index (χ1n) is 8.31. The Bertz CT molecular complexity index is 955. The summed E-state index contributed by atoms with van der Waals surface area (Å²) in [6, 6.07) is 7.10. The van der Waals surface area contributed by atoms with Gasteiger partial charge in [-0.05, 0) is 31.2 Å². The number of amides is 1. The summed E-state index contributed by atoms with van der Waals surface area (Å²) in [7, 11) is 0. The van der Waals surface area contributed by atoms with Gasteiger partial charge in [-0.15, -0.1) is 28.1 Å². The highest BCUT2D eigenvalue weighted by atomic mass is 35.5. The lowest BCUT2D eigenvalue weighted by atomic mass is 10.3. The number of aryl methyl sites for hydroxylation is 1. The molecule has 3 aromatic rings. The smallest absolute Gasteiger partial charge is 0.236 e. The zero-order valence-electron chi connectivity index (χ0n) is 15.1. The third-order valence-electron chi connectivity index (χ3n) is 3.48. The van der Waals surface area contributed by atoms with E-state index in [0.29, 0.717) is 33.4 Å². The molecular weight excluding hydrogens is 418 g/mol. The number of rotatable bonds is 9. The number of aromatic nitrogens is 4. The van der Waals surface area contributed by atoms with E-state index < -0.39 is 0 Å². The largest absolute Gasteiger partial charge is 0.486 e. The van der Waals surface area contributed by atoms with Crippen LogP contribution in [-0.2, 0) is 17.9 Å². The molecule has 7 nitrogen and oxygen atoms in total. The van der Waals surface area contributed by atoms with E-state index in [0.717, 1.165) is 5.69 Å². The first-order valence-corrected chi connectivity index (χ1v) is 10.6. The molecule has 146 valence electrons. The predicted molar refractivity (Wildman–Crippen MR) is 112 cm³/mol. The van der Waals surface area contributed by atoms with E-state index in [1.54, 1.807) is 30.3 Å². The van der Waals surface area contributed by atoms with Gasteiger partial charge in [-0.1, -0.05) is 29.4 Å². The quantitative estimate of drug-likeness (QED) is 0.401. The Kier molecular flexibility index (Phi) is 7.07. The van der Waals surface area contributed by atoms with E-state index >= 15 is 0 Å². The number of carbonyl (C=O) groups is 1.